The van der Waals surface area contributed by atoms with Crippen molar-refractivity contribution in [2.24, 2.45) is 5.41 Å². The minimum Gasteiger partial charge on any atom is -0.102 e. The van der Waals surface area contributed by atoms with Crippen molar-refractivity contribution in [3.63, 3.8) is 0 Å². The van der Waals surface area contributed by atoms with Crippen LogP contribution in [0.2, 0.25) is 5.31 Å². The van der Waals surface area contributed by atoms with E-state index in [1.54, 1.807) is 0 Å². The lowest BCUT2D eigenvalue weighted by Gasteiger charge is -2.60. The highest BCUT2D eigenvalue weighted by atomic mass is 79.9. The Morgan fingerprint density at radius 3 is 2.43 bits per heavy atom. The van der Waals surface area contributed by atoms with E-state index >= 15 is 0 Å². The molecule has 1 aliphatic rings. The van der Waals surface area contributed by atoms with E-state index in [0.29, 0.717) is 0 Å². The molecule has 3 atom stereocenters. The summed E-state index contributed by atoms with van der Waals surface area (Å²) in [5, 5.41) is -0.245. The fourth-order valence-corrected chi connectivity index (χ4v) is 3.10. The van der Waals surface area contributed by atoms with Crippen LogP contribution in [0.5, 0.6) is 0 Å². The predicted octanol–water partition coefficient (Wildman–Crippen LogP) is 4.03. The van der Waals surface area contributed by atoms with Crippen LogP contribution < -0.4 is 0 Å². The number of halogens is 1. The van der Waals surface area contributed by atoms with E-state index < -0.39 is 0 Å². The molecule has 1 aliphatic carbocycles. The average molecular weight is 253 g/mol. The first-order valence-electron chi connectivity index (χ1n) is 5.06. The lowest BCUT2D eigenvalue weighted by molar-refractivity contribution is 0.227. The molecule has 76 valence electrons. The van der Waals surface area contributed by atoms with Gasteiger partial charge in [-0.15, -0.1) is 6.58 Å². The summed E-state index contributed by atoms with van der Waals surface area (Å²) >= 11 is 3.73. The second kappa shape index (κ2) is 3.26. The van der Waals surface area contributed by atoms with Gasteiger partial charge in [0, 0.05) is 9.74 Å². The third-order valence-electron chi connectivity index (χ3n) is 3.94. The van der Waals surface area contributed by atoms with Gasteiger partial charge in [-0.25, -0.2) is 0 Å². The van der Waals surface area contributed by atoms with Gasteiger partial charge in [-0.05, 0) is 18.7 Å². The minimum absolute atomic E-state index is 0.0312. The number of hydrogen-bond donors (Lipinski definition) is 0. The molecule has 0 nitrogen and oxygen atoms in total. The highest BCUT2D eigenvalue weighted by Gasteiger charge is 2.57. The summed E-state index contributed by atoms with van der Waals surface area (Å²) in [6, 6.07) is 0. The normalized spacial score (nSPS) is 40.8. The average Bonchev–Trinajstić information content (AvgIpc) is 2.12. The Balaban J connectivity index is 3.19. The Hall–Kier alpha value is 0.0249. The molecule has 0 saturated heterocycles. The lowest BCUT2D eigenvalue weighted by atomic mass is 9.40. The fraction of sp³-hybridized carbons (Fsp3) is 0.667. The van der Waals surface area contributed by atoms with Gasteiger partial charge in [0.25, 0.3) is 0 Å². The number of rotatable bonds is 3. The SMILES string of the molecule is [B][C@@]1(C)C=C(CC)[C@@]1(C)C(C)(Br)C=C. The van der Waals surface area contributed by atoms with Crippen LogP contribution in [-0.2, 0) is 0 Å². The summed E-state index contributed by atoms with van der Waals surface area (Å²) in [5.74, 6) is 0. The number of alkyl halides is 1. The molecule has 0 fully saturated rings. The smallest absolute Gasteiger partial charge is 0.0811 e. The quantitative estimate of drug-likeness (QED) is 0.404. The summed E-state index contributed by atoms with van der Waals surface area (Å²) in [6.45, 7) is 12.5. The molecular weight excluding hydrogens is 235 g/mol. The highest BCUT2D eigenvalue weighted by Crippen LogP contribution is 2.67. The van der Waals surface area contributed by atoms with Crippen molar-refractivity contribution in [1.82, 2.24) is 0 Å². The van der Waals surface area contributed by atoms with Gasteiger partial charge in [-0.1, -0.05) is 54.4 Å². The van der Waals surface area contributed by atoms with E-state index in [0.717, 1.165) is 6.42 Å². The maximum absolute atomic E-state index is 6.27. The summed E-state index contributed by atoms with van der Waals surface area (Å²) in [7, 11) is 6.27. The molecule has 1 rings (SSSR count). The zero-order chi connectivity index (χ0) is 11.2. The molecule has 0 aromatic carbocycles. The first-order chi connectivity index (χ1) is 6.23. The van der Waals surface area contributed by atoms with Gasteiger partial charge >= 0.3 is 0 Å². The molecule has 0 amide bonds. The Morgan fingerprint density at radius 1 is 1.64 bits per heavy atom. The molecule has 0 bridgehead atoms. The largest absolute Gasteiger partial charge is 0.102 e. The van der Waals surface area contributed by atoms with Gasteiger partial charge in [-0.3, -0.25) is 0 Å². The lowest BCUT2D eigenvalue weighted by Crippen LogP contribution is -2.52. The van der Waals surface area contributed by atoms with Gasteiger partial charge in [-0.2, -0.15) is 0 Å². The van der Waals surface area contributed by atoms with Crippen molar-refractivity contribution in [3.05, 3.63) is 24.3 Å². The van der Waals surface area contributed by atoms with Crippen molar-refractivity contribution >= 4 is 23.8 Å². The molecule has 0 spiro atoms. The molecule has 2 heteroatoms. The van der Waals surface area contributed by atoms with E-state index in [9.17, 15) is 0 Å². The Labute approximate surface area is 97.4 Å². The molecule has 0 heterocycles. The van der Waals surface area contributed by atoms with Crippen LogP contribution >= 0.6 is 15.9 Å². The molecule has 1 unspecified atom stereocenters. The second-order valence-corrected chi connectivity index (χ2v) is 6.36. The van der Waals surface area contributed by atoms with E-state index in [2.05, 4.69) is 56.3 Å². The van der Waals surface area contributed by atoms with Gasteiger partial charge in [0.1, 0.15) is 0 Å². The fourth-order valence-electron chi connectivity index (χ4n) is 2.42. The second-order valence-electron chi connectivity index (χ2n) is 4.71. The molecule has 0 aromatic heterocycles. The Bertz CT molecular complexity index is 289. The summed E-state index contributed by atoms with van der Waals surface area (Å²) < 4.78 is -0.135. The topological polar surface area (TPSA) is 0 Å². The van der Waals surface area contributed by atoms with Gasteiger partial charge < -0.3 is 0 Å². The first kappa shape index (κ1) is 12.1. The maximum Gasteiger partial charge on any atom is 0.0811 e. The maximum atomic E-state index is 6.27. The monoisotopic (exact) mass is 252 g/mol. The molecule has 2 radical (unpaired) electrons. The summed E-state index contributed by atoms with van der Waals surface area (Å²) in [6.07, 6.45) is 5.18. The van der Waals surface area contributed by atoms with Crippen LogP contribution in [0.4, 0.5) is 0 Å². The van der Waals surface area contributed by atoms with Crippen molar-refractivity contribution in [3.8, 4) is 0 Å². The standard InChI is InChI=1S/C12H18BBr/c1-6-9-8-10(3,13)12(9,5)11(4,14)7-2/h7-8H,2,6H2,1,3-5H3/t10-,11?,12+/m0/s1. The van der Waals surface area contributed by atoms with Crippen LogP contribution in [0.15, 0.2) is 24.3 Å². The number of allylic oxidation sites excluding steroid dienone is 3. The van der Waals surface area contributed by atoms with E-state index in [4.69, 9.17) is 7.85 Å². The Morgan fingerprint density at radius 2 is 2.14 bits per heavy atom. The van der Waals surface area contributed by atoms with Gasteiger partial charge in [0.05, 0.1) is 7.85 Å². The van der Waals surface area contributed by atoms with Crippen molar-refractivity contribution in [2.75, 3.05) is 0 Å². The first-order valence-corrected chi connectivity index (χ1v) is 5.86. The molecule has 14 heavy (non-hydrogen) atoms. The molecular formula is C12H18BBr. The van der Waals surface area contributed by atoms with Crippen LogP contribution in [0.1, 0.15) is 34.1 Å². The zero-order valence-electron chi connectivity index (χ0n) is 9.52. The third-order valence-corrected chi connectivity index (χ3v) is 5.05. The number of hydrogen-bond acceptors (Lipinski definition) is 0. The van der Waals surface area contributed by atoms with E-state index in [1.165, 1.54) is 5.57 Å². The minimum atomic E-state index is -0.245. The highest BCUT2D eigenvalue weighted by molar-refractivity contribution is 9.10. The summed E-state index contributed by atoms with van der Waals surface area (Å²) in [4.78, 5) is 0. The zero-order valence-corrected chi connectivity index (χ0v) is 11.1. The van der Waals surface area contributed by atoms with Crippen LogP contribution in [0.3, 0.4) is 0 Å². The van der Waals surface area contributed by atoms with E-state index in [1.807, 2.05) is 6.08 Å². The van der Waals surface area contributed by atoms with Crippen molar-refractivity contribution in [1.29, 1.82) is 0 Å². The molecule has 0 N–H and O–H groups in total. The summed E-state index contributed by atoms with van der Waals surface area (Å²) in [5.41, 5.74) is 1.39. The van der Waals surface area contributed by atoms with Crippen LogP contribution in [-0.4, -0.2) is 12.2 Å². The van der Waals surface area contributed by atoms with Crippen LogP contribution in [0, 0.1) is 5.41 Å². The third kappa shape index (κ3) is 1.26. The van der Waals surface area contributed by atoms with Gasteiger partial charge in [0.2, 0.25) is 0 Å². The van der Waals surface area contributed by atoms with Crippen LogP contribution in [0.25, 0.3) is 0 Å². The predicted molar refractivity (Wildman–Crippen MR) is 68.1 cm³/mol. The van der Waals surface area contributed by atoms with Crippen molar-refractivity contribution in [2.45, 2.75) is 43.8 Å². The molecule has 0 saturated carbocycles. The van der Waals surface area contributed by atoms with Crippen molar-refractivity contribution < 1.29 is 0 Å². The Kier molecular flexibility index (Phi) is 2.82. The van der Waals surface area contributed by atoms with Gasteiger partial charge in [0.15, 0.2) is 0 Å². The molecule has 0 aliphatic heterocycles. The molecule has 0 aromatic rings. The van der Waals surface area contributed by atoms with E-state index in [-0.39, 0.29) is 15.1 Å².